The normalized spacial score (nSPS) is 10.7. The van der Waals surface area contributed by atoms with Crippen molar-refractivity contribution < 1.29 is 59.9 Å². The maximum atomic E-state index is 11.8. The molecule has 7 aromatic rings. The third kappa shape index (κ3) is 14.4. The maximum absolute atomic E-state index is 11.8. The number of rotatable bonds is 1. The molecule has 0 fully saturated rings. The molecular formula is C41H36F6O2SiZr. The molecule has 7 rings (SSSR count). The van der Waals surface area contributed by atoms with Gasteiger partial charge in [0.2, 0.25) is 0 Å². The van der Waals surface area contributed by atoms with Crippen LogP contribution in [0.5, 0.6) is 11.5 Å². The van der Waals surface area contributed by atoms with Crippen LogP contribution in [-0.2, 0) is 35.7 Å². The number of phenols is 2. The second-order valence-electron chi connectivity index (χ2n) is 11.4. The summed E-state index contributed by atoms with van der Waals surface area (Å²) in [4.78, 5) is 0. The summed E-state index contributed by atoms with van der Waals surface area (Å²) in [5, 5.41) is 24.3. The monoisotopic (exact) mass is 792 g/mol. The van der Waals surface area contributed by atoms with Crippen LogP contribution >= 0.6 is 0 Å². The average Bonchev–Trinajstić information content (AvgIpc) is 3.66. The van der Waals surface area contributed by atoms with Crippen molar-refractivity contribution in [2.45, 2.75) is 32.7 Å². The Bertz CT molecular complexity index is 1890. The van der Waals surface area contributed by atoms with Crippen LogP contribution in [0.25, 0.3) is 21.5 Å². The summed E-state index contributed by atoms with van der Waals surface area (Å²) in [5.74, 6) is -0.337. The molecule has 0 heterocycles. The van der Waals surface area contributed by atoms with E-state index >= 15 is 0 Å². The molecule has 0 atom stereocenters. The number of aryl methyl sites for hydroxylation is 2. The van der Waals surface area contributed by atoms with Gasteiger partial charge >= 0.3 is 83.2 Å². The van der Waals surface area contributed by atoms with Crippen molar-refractivity contribution in [3.8, 4) is 11.5 Å². The number of aromatic hydroxyl groups is 2. The second-order valence-corrected chi connectivity index (χ2v) is 18.8. The van der Waals surface area contributed by atoms with Gasteiger partial charge < -0.3 is 10.2 Å². The van der Waals surface area contributed by atoms with E-state index in [2.05, 4.69) is 124 Å². The molecule has 0 saturated heterocycles. The minimum Gasteiger partial charge on any atom is -0.508 e. The van der Waals surface area contributed by atoms with E-state index < -0.39 is 23.5 Å². The van der Waals surface area contributed by atoms with E-state index in [1.165, 1.54) is 32.7 Å². The molecule has 2 nitrogen and oxygen atoms in total. The third-order valence-electron chi connectivity index (χ3n) is 7.12. The van der Waals surface area contributed by atoms with Gasteiger partial charge in [-0.1, -0.05) is 26.0 Å². The van der Waals surface area contributed by atoms with Gasteiger partial charge in [0.25, 0.3) is 0 Å². The summed E-state index contributed by atoms with van der Waals surface area (Å²) in [7, 11) is 0. The summed E-state index contributed by atoms with van der Waals surface area (Å²) in [6, 6.07) is 43.8. The Kier molecular flexibility index (Phi) is 15.5. The fourth-order valence-corrected chi connectivity index (χ4v) is 6.52. The maximum Gasteiger partial charge on any atom is 0.416 e. The molecule has 2 N–H and O–H groups in total. The minimum atomic E-state index is -4.33. The zero-order valence-electron chi connectivity index (χ0n) is 28.1. The smallest absolute Gasteiger partial charge is 0.416 e. The number of phenolic OH excluding ortho intramolecular Hbond substituents is 2. The van der Waals surface area contributed by atoms with Crippen molar-refractivity contribution in [2.24, 2.45) is 0 Å². The van der Waals surface area contributed by atoms with Crippen molar-refractivity contribution in [2.75, 3.05) is 0 Å². The van der Waals surface area contributed by atoms with E-state index in [0.717, 1.165) is 48.5 Å². The first-order valence-corrected chi connectivity index (χ1v) is 21.3. The van der Waals surface area contributed by atoms with Crippen molar-refractivity contribution in [3.05, 3.63) is 174 Å². The van der Waals surface area contributed by atoms with E-state index in [0.29, 0.717) is 0 Å². The molecule has 262 valence electrons. The van der Waals surface area contributed by atoms with Gasteiger partial charge in [-0.15, -0.1) is 81.2 Å². The Hall–Kier alpha value is -4.40. The van der Waals surface area contributed by atoms with Gasteiger partial charge in [-0.3, -0.25) is 0 Å². The van der Waals surface area contributed by atoms with E-state index in [9.17, 15) is 26.3 Å². The Morgan fingerprint density at radius 1 is 0.510 bits per heavy atom. The Morgan fingerprint density at radius 2 is 0.843 bits per heavy atom. The third-order valence-corrected chi connectivity index (χ3v) is 10.4. The molecule has 10 heteroatoms. The quantitative estimate of drug-likeness (QED) is 0.0987. The summed E-state index contributed by atoms with van der Waals surface area (Å²) in [5.41, 5.74) is 1.07. The number of benzene rings is 5. The van der Waals surface area contributed by atoms with E-state index in [-0.39, 0.29) is 16.9 Å². The second kappa shape index (κ2) is 19.3. The largest absolute Gasteiger partial charge is 0.508 e. The first kappa shape index (κ1) is 41.0. The first-order chi connectivity index (χ1) is 24.0. The molecule has 0 amide bonds. The van der Waals surface area contributed by atoms with Crippen LogP contribution in [0.15, 0.2) is 152 Å². The molecule has 0 aliphatic heterocycles. The van der Waals surface area contributed by atoms with Gasteiger partial charge in [0.05, 0.1) is 11.1 Å². The summed E-state index contributed by atoms with van der Waals surface area (Å²) < 4.78 is 71.0. The standard InChI is InChI=1S/2C10H9.2C7H5F3O.C7H8Si.Zr/c2*1-8-6-9-4-2-3-5-10(9)7-8;2*8-7(9,10)5-1-3-6(11)4-2-5;1-8-7-5-3-2-4-6-7;/h2*2-7H,1H3;2*1-4,11H;2-6H,1H3;/q2*-1;;;;+2. The fraction of sp³-hybridized carbons (Fsp3) is 0.122. The van der Waals surface area contributed by atoms with Gasteiger partial charge in [0, 0.05) is 0 Å². The summed E-state index contributed by atoms with van der Waals surface area (Å²) in [6.07, 6.45) is -8.65. The van der Waals surface area contributed by atoms with Crippen molar-refractivity contribution >= 4 is 32.2 Å². The Balaban J connectivity index is 0.000000172. The van der Waals surface area contributed by atoms with Crippen LogP contribution < -0.4 is 5.19 Å². The molecule has 51 heavy (non-hydrogen) atoms. The number of alkyl halides is 6. The predicted molar refractivity (Wildman–Crippen MR) is 192 cm³/mol. The molecular weight excluding hydrogens is 758 g/mol. The Labute approximate surface area is 308 Å². The zero-order valence-corrected chi connectivity index (χ0v) is 31.6. The van der Waals surface area contributed by atoms with E-state index in [1.54, 1.807) is 28.5 Å². The number of hydrogen-bond acceptors (Lipinski definition) is 2. The van der Waals surface area contributed by atoms with Crippen LogP contribution in [0.3, 0.4) is 0 Å². The van der Waals surface area contributed by atoms with Gasteiger partial charge in [0.1, 0.15) is 11.5 Å². The molecule has 7 aromatic carbocycles. The molecule has 0 radical (unpaired) electrons. The molecule has 0 saturated carbocycles. The fourth-order valence-electron chi connectivity index (χ4n) is 4.60. The number of halogens is 6. The molecule has 0 aromatic heterocycles. The zero-order chi connectivity index (χ0) is 37.6. The molecule has 0 unspecified atom stereocenters. The van der Waals surface area contributed by atoms with Gasteiger partial charge in [-0.25, -0.2) is 0 Å². The van der Waals surface area contributed by atoms with E-state index in [1.807, 2.05) is 0 Å². The molecule has 0 spiro atoms. The summed E-state index contributed by atoms with van der Waals surface area (Å²) >= 11 is 1.69. The van der Waals surface area contributed by atoms with Crippen molar-refractivity contribution in [3.63, 3.8) is 0 Å². The molecule has 0 bridgehead atoms. The summed E-state index contributed by atoms with van der Waals surface area (Å²) in [6.45, 7) is 6.60. The predicted octanol–water partition coefficient (Wildman–Crippen LogP) is 11.6. The van der Waals surface area contributed by atoms with Crippen LogP contribution in [-0.4, -0.2) is 15.6 Å². The number of hydrogen-bond donors (Lipinski definition) is 2. The van der Waals surface area contributed by atoms with Gasteiger partial charge in [0.15, 0.2) is 0 Å². The molecule has 0 aliphatic carbocycles. The van der Waals surface area contributed by atoms with E-state index in [4.69, 9.17) is 10.2 Å². The van der Waals surface area contributed by atoms with Crippen molar-refractivity contribution in [1.29, 1.82) is 0 Å². The van der Waals surface area contributed by atoms with Crippen LogP contribution in [0.4, 0.5) is 26.3 Å². The minimum absolute atomic E-state index is 0.122. The van der Waals surface area contributed by atoms with Crippen molar-refractivity contribution in [1.82, 2.24) is 0 Å². The van der Waals surface area contributed by atoms with Gasteiger partial charge in [-0.05, 0) is 48.5 Å². The van der Waals surface area contributed by atoms with Gasteiger partial charge in [-0.2, -0.15) is 38.5 Å². The SMILES string of the molecule is C[Si](=[Zr+2])c1ccccc1.Cc1cc2ccccc2[cH-]1.Cc1cc2ccccc2[cH-]1.Oc1ccc(C(F)(F)F)cc1.Oc1ccc(C(F)(F)F)cc1. The Morgan fingerprint density at radius 3 is 1.14 bits per heavy atom. The van der Waals surface area contributed by atoms with Crippen LogP contribution in [0.2, 0.25) is 6.55 Å². The molecule has 0 aliphatic rings. The van der Waals surface area contributed by atoms with Crippen LogP contribution in [0.1, 0.15) is 22.3 Å². The number of fused-ring (bicyclic) bond motifs is 2. The average molecular weight is 794 g/mol. The first-order valence-electron chi connectivity index (χ1n) is 15.6. The topological polar surface area (TPSA) is 40.5 Å². The van der Waals surface area contributed by atoms with Crippen LogP contribution in [0, 0.1) is 13.8 Å².